The minimum Gasteiger partial charge on any atom is -0.475 e. The summed E-state index contributed by atoms with van der Waals surface area (Å²) < 4.78 is 37.4. The van der Waals surface area contributed by atoms with Gasteiger partial charge in [0.15, 0.2) is 17.3 Å². The zero-order valence-corrected chi connectivity index (χ0v) is 16.5. The van der Waals surface area contributed by atoms with Gasteiger partial charge in [0, 0.05) is 6.92 Å². The monoisotopic (exact) mass is 420 g/mol. The van der Waals surface area contributed by atoms with Gasteiger partial charge >= 0.3 is 0 Å². The molecule has 0 radical (unpaired) electrons. The number of hydrogen-bond donors (Lipinski definition) is 1. The van der Waals surface area contributed by atoms with Gasteiger partial charge in [0.2, 0.25) is 5.89 Å². The average molecular weight is 420 g/mol. The van der Waals surface area contributed by atoms with Crippen LogP contribution in [0.4, 0.5) is 14.6 Å². The highest BCUT2D eigenvalue weighted by Gasteiger charge is 2.46. The SMILES string of the molecule is Cc1nc([C@H](NC(=O)c2cnc(N3CC(F)(F)C3)c(OCC3CC3)n2)C2CC2)no1. The maximum atomic E-state index is 13.3. The van der Waals surface area contributed by atoms with Crippen LogP contribution in [0.25, 0.3) is 0 Å². The number of hydrogen-bond acceptors (Lipinski definition) is 8. The van der Waals surface area contributed by atoms with E-state index in [2.05, 4.69) is 25.4 Å². The molecule has 0 unspecified atom stereocenters. The lowest BCUT2D eigenvalue weighted by Gasteiger charge is -2.39. The van der Waals surface area contributed by atoms with Crippen LogP contribution in [0.15, 0.2) is 10.7 Å². The van der Waals surface area contributed by atoms with Crippen molar-refractivity contribution in [1.82, 2.24) is 25.4 Å². The second-order valence-electron chi connectivity index (χ2n) is 8.31. The molecule has 3 heterocycles. The molecule has 0 bridgehead atoms. The summed E-state index contributed by atoms with van der Waals surface area (Å²) in [6.07, 6.45) is 5.34. The Kier molecular flexibility index (Phi) is 4.55. The number of aryl methyl sites for hydroxylation is 1. The number of carbonyl (C=O) groups is 1. The molecule has 9 nitrogen and oxygen atoms in total. The fourth-order valence-electron chi connectivity index (χ4n) is 3.41. The van der Waals surface area contributed by atoms with E-state index in [1.807, 2.05) is 0 Å². The van der Waals surface area contributed by atoms with Crippen LogP contribution in [0.2, 0.25) is 0 Å². The van der Waals surface area contributed by atoms with Gasteiger partial charge in [-0.15, -0.1) is 0 Å². The summed E-state index contributed by atoms with van der Waals surface area (Å²) in [4.78, 5) is 27.0. The van der Waals surface area contributed by atoms with Gasteiger partial charge in [0.05, 0.1) is 31.9 Å². The van der Waals surface area contributed by atoms with E-state index in [1.165, 1.54) is 11.1 Å². The third-order valence-electron chi connectivity index (χ3n) is 5.45. The largest absolute Gasteiger partial charge is 0.475 e. The number of carbonyl (C=O) groups excluding carboxylic acids is 1. The maximum absolute atomic E-state index is 13.3. The van der Waals surface area contributed by atoms with Gasteiger partial charge in [-0.25, -0.2) is 18.7 Å². The van der Waals surface area contributed by atoms with Crippen LogP contribution in [0, 0.1) is 18.8 Å². The van der Waals surface area contributed by atoms with Crippen molar-refractivity contribution in [2.24, 2.45) is 11.8 Å². The van der Waals surface area contributed by atoms with Crippen LogP contribution in [-0.2, 0) is 0 Å². The fourth-order valence-corrected chi connectivity index (χ4v) is 3.41. The third kappa shape index (κ3) is 4.05. The van der Waals surface area contributed by atoms with Crippen LogP contribution in [0.5, 0.6) is 5.88 Å². The van der Waals surface area contributed by atoms with E-state index >= 15 is 0 Å². The number of ether oxygens (including phenoxy) is 1. The molecule has 2 saturated carbocycles. The number of amides is 1. The molecule has 3 fully saturated rings. The molecule has 160 valence electrons. The summed E-state index contributed by atoms with van der Waals surface area (Å²) in [6.45, 7) is 1.25. The first-order valence-corrected chi connectivity index (χ1v) is 10.1. The molecule has 5 rings (SSSR count). The van der Waals surface area contributed by atoms with Crippen molar-refractivity contribution in [3.63, 3.8) is 0 Å². The summed E-state index contributed by atoms with van der Waals surface area (Å²) in [6, 6.07) is -0.374. The topological polar surface area (TPSA) is 106 Å². The van der Waals surface area contributed by atoms with E-state index in [1.54, 1.807) is 6.92 Å². The molecule has 3 aliphatic rings. The number of anilines is 1. The fraction of sp³-hybridized carbons (Fsp3) is 0.632. The Balaban J connectivity index is 1.34. The highest BCUT2D eigenvalue weighted by atomic mass is 19.3. The standard InChI is InChI=1S/C19H22F2N6O3/c1-10-23-15(26-30-10)14(12-4-5-12)25-17(28)13-6-22-16(27-8-19(20,21)9-27)18(24-13)29-7-11-2-3-11/h6,11-12,14H,2-5,7-9H2,1H3,(H,25,28)/t14-/m1/s1. The van der Waals surface area contributed by atoms with Crippen molar-refractivity contribution in [1.29, 1.82) is 0 Å². The Morgan fingerprint density at radius 2 is 2.10 bits per heavy atom. The van der Waals surface area contributed by atoms with E-state index in [9.17, 15) is 13.6 Å². The Morgan fingerprint density at radius 3 is 2.70 bits per heavy atom. The Morgan fingerprint density at radius 1 is 1.33 bits per heavy atom. The Hall–Kier alpha value is -2.85. The molecule has 0 aromatic carbocycles. The van der Waals surface area contributed by atoms with Crippen LogP contribution in [-0.4, -0.2) is 51.6 Å². The van der Waals surface area contributed by atoms with Gasteiger partial charge < -0.3 is 19.5 Å². The zero-order chi connectivity index (χ0) is 20.9. The molecule has 11 heteroatoms. The molecular formula is C19H22F2N6O3. The third-order valence-corrected chi connectivity index (χ3v) is 5.45. The van der Waals surface area contributed by atoms with Crippen molar-refractivity contribution in [3.8, 4) is 5.88 Å². The molecule has 1 atom stereocenters. The molecular weight excluding hydrogens is 398 g/mol. The molecule has 1 amide bonds. The number of halogens is 2. The van der Waals surface area contributed by atoms with E-state index in [4.69, 9.17) is 9.26 Å². The van der Waals surface area contributed by atoms with Gasteiger partial charge in [-0.1, -0.05) is 5.16 Å². The van der Waals surface area contributed by atoms with Crippen LogP contribution in [0.3, 0.4) is 0 Å². The van der Waals surface area contributed by atoms with E-state index in [0.717, 1.165) is 25.7 Å². The highest BCUT2D eigenvalue weighted by molar-refractivity contribution is 5.92. The number of nitrogens with zero attached hydrogens (tertiary/aromatic N) is 5. The van der Waals surface area contributed by atoms with Crippen LogP contribution in [0.1, 0.15) is 53.9 Å². The summed E-state index contributed by atoms with van der Waals surface area (Å²) in [5.74, 6) is -1.29. The first kappa shape index (κ1) is 19.1. The highest BCUT2D eigenvalue weighted by Crippen LogP contribution is 2.40. The lowest BCUT2D eigenvalue weighted by molar-refractivity contribution is -0.0270. The van der Waals surface area contributed by atoms with Gasteiger partial charge in [0.1, 0.15) is 0 Å². The minimum absolute atomic E-state index is 0.0581. The zero-order valence-electron chi connectivity index (χ0n) is 16.5. The smallest absolute Gasteiger partial charge is 0.282 e. The van der Waals surface area contributed by atoms with Gasteiger partial charge in [0.25, 0.3) is 17.7 Å². The van der Waals surface area contributed by atoms with Gasteiger partial charge in [-0.05, 0) is 37.5 Å². The molecule has 0 spiro atoms. The lowest BCUT2D eigenvalue weighted by atomic mass is 10.1. The molecule has 1 N–H and O–H groups in total. The maximum Gasteiger partial charge on any atom is 0.282 e. The minimum atomic E-state index is -2.74. The van der Waals surface area contributed by atoms with Crippen molar-refractivity contribution in [2.75, 3.05) is 24.6 Å². The lowest BCUT2D eigenvalue weighted by Crippen LogP contribution is -2.56. The molecule has 2 aromatic rings. The molecule has 2 aromatic heterocycles. The predicted molar refractivity (Wildman–Crippen MR) is 99.4 cm³/mol. The van der Waals surface area contributed by atoms with Crippen LogP contribution < -0.4 is 15.0 Å². The first-order valence-electron chi connectivity index (χ1n) is 10.1. The van der Waals surface area contributed by atoms with Crippen molar-refractivity contribution >= 4 is 11.7 Å². The quantitative estimate of drug-likeness (QED) is 0.693. The van der Waals surface area contributed by atoms with Crippen molar-refractivity contribution in [3.05, 3.63) is 23.6 Å². The number of aromatic nitrogens is 4. The predicted octanol–water partition coefficient (Wildman–Crippen LogP) is 2.29. The van der Waals surface area contributed by atoms with Crippen LogP contribution >= 0.6 is 0 Å². The van der Waals surface area contributed by atoms with Gasteiger partial charge in [-0.2, -0.15) is 4.98 Å². The molecule has 1 saturated heterocycles. The summed E-state index contributed by atoms with van der Waals surface area (Å²) in [5.41, 5.74) is 0.0581. The molecule has 1 aliphatic heterocycles. The normalized spacial score (nSPS) is 21.1. The van der Waals surface area contributed by atoms with Gasteiger partial charge in [-0.3, -0.25) is 4.79 Å². The average Bonchev–Trinajstić information content (AvgIpc) is 3.61. The first-order chi connectivity index (χ1) is 14.4. The molecule has 2 aliphatic carbocycles. The second kappa shape index (κ2) is 7.13. The summed E-state index contributed by atoms with van der Waals surface area (Å²) in [5, 5.41) is 6.83. The van der Waals surface area contributed by atoms with Crippen molar-refractivity contribution in [2.45, 2.75) is 44.6 Å². The number of alkyl halides is 2. The Bertz CT molecular complexity index is 951. The number of nitrogens with one attached hydrogen (secondary N) is 1. The van der Waals surface area contributed by atoms with Crippen molar-refractivity contribution < 1.29 is 22.8 Å². The number of rotatable bonds is 8. The van der Waals surface area contributed by atoms with E-state index in [-0.39, 0.29) is 29.4 Å². The van der Waals surface area contributed by atoms with E-state index in [0.29, 0.717) is 24.2 Å². The summed E-state index contributed by atoms with van der Waals surface area (Å²) in [7, 11) is 0. The summed E-state index contributed by atoms with van der Waals surface area (Å²) >= 11 is 0. The Labute approximate surface area is 171 Å². The molecule has 30 heavy (non-hydrogen) atoms. The second-order valence-corrected chi connectivity index (χ2v) is 8.31. The van der Waals surface area contributed by atoms with E-state index < -0.39 is 24.9 Å².